The fourth-order valence-electron chi connectivity index (χ4n) is 3.74. The number of fused-ring (bicyclic) bond motifs is 1. The van der Waals surface area contributed by atoms with E-state index in [-0.39, 0.29) is 28.8 Å². The molecule has 27 heavy (non-hydrogen) atoms. The minimum atomic E-state index is -0.564. The molecule has 8 heteroatoms. The number of nitrogens with zero attached hydrogens (tertiary/aromatic N) is 2. The maximum atomic E-state index is 12.6. The van der Waals surface area contributed by atoms with Gasteiger partial charge in [0, 0.05) is 6.04 Å². The Balaban J connectivity index is 1.66. The highest BCUT2D eigenvalue weighted by Gasteiger charge is 2.28. The Morgan fingerprint density at radius 2 is 2.37 bits per heavy atom. The van der Waals surface area contributed by atoms with Crippen molar-refractivity contribution in [2.75, 3.05) is 13.2 Å². The van der Waals surface area contributed by atoms with E-state index in [4.69, 9.17) is 9.15 Å². The summed E-state index contributed by atoms with van der Waals surface area (Å²) in [6, 6.07) is 2.49. The van der Waals surface area contributed by atoms with Crippen molar-refractivity contribution in [3.05, 3.63) is 49.9 Å². The fourth-order valence-corrected chi connectivity index (χ4v) is 4.44. The van der Waals surface area contributed by atoms with Crippen LogP contribution in [0.3, 0.4) is 0 Å². The van der Waals surface area contributed by atoms with Crippen LogP contribution in [0.5, 0.6) is 0 Å². The molecular weight excluding hydrogens is 366 g/mol. The predicted octanol–water partition coefficient (Wildman–Crippen LogP) is 3.40. The summed E-state index contributed by atoms with van der Waals surface area (Å²) in [5.74, 6) is 0.320. The lowest BCUT2D eigenvalue weighted by atomic mass is 10.1. The first-order valence-electron chi connectivity index (χ1n) is 9.04. The largest absolute Gasteiger partial charge is 0.462 e. The van der Waals surface area contributed by atoms with Crippen molar-refractivity contribution >= 4 is 28.4 Å². The molecular formula is C19H21N3O4S. The Morgan fingerprint density at radius 1 is 1.52 bits per heavy atom. The van der Waals surface area contributed by atoms with Gasteiger partial charge < -0.3 is 14.1 Å². The van der Waals surface area contributed by atoms with Gasteiger partial charge in [-0.2, -0.15) is 16.3 Å². The maximum Gasteiger partial charge on any atom is 0.342 e. The van der Waals surface area contributed by atoms with Gasteiger partial charge in [-0.25, -0.2) is 4.79 Å². The summed E-state index contributed by atoms with van der Waals surface area (Å²) in [5.41, 5.74) is 1.27. The van der Waals surface area contributed by atoms with Gasteiger partial charge in [0.1, 0.15) is 22.5 Å². The first kappa shape index (κ1) is 17.9. The molecule has 0 amide bonds. The quantitative estimate of drug-likeness (QED) is 0.675. The number of thiophene rings is 1. The molecule has 7 nitrogen and oxygen atoms in total. The lowest BCUT2D eigenvalue weighted by Crippen LogP contribution is -2.25. The van der Waals surface area contributed by atoms with Crippen LogP contribution in [0.25, 0.3) is 11.1 Å². The second kappa shape index (κ2) is 7.28. The SMILES string of the molecule is CCOC(=O)c1c(C)oc2nc(CN3CCCC3c3ccsc3)[nH]c(=O)c12. The zero-order chi connectivity index (χ0) is 19.0. The van der Waals surface area contributed by atoms with E-state index in [1.165, 1.54) is 5.56 Å². The van der Waals surface area contributed by atoms with Crippen LogP contribution in [0.2, 0.25) is 0 Å². The van der Waals surface area contributed by atoms with Crippen LogP contribution in [0.15, 0.2) is 26.0 Å². The average molecular weight is 387 g/mol. The van der Waals surface area contributed by atoms with Crippen molar-refractivity contribution in [2.24, 2.45) is 0 Å². The second-order valence-corrected chi connectivity index (χ2v) is 7.41. The maximum absolute atomic E-state index is 12.6. The number of carbonyl (C=O) groups excluding carboxylic acids is 1. The van der Waals surface area contributed by atoms with E-state index < -0.39 is 5.97 Å². The van der Waals surface area contributed by atoms with Crippen molar-refractivity contribution in [2.45, 2.75) is 39.3 Å². The normalized spacial score (nSPS) is 17.6. The number of esters is 1. The van der Waals surface area contributed by atoms with E-state index in [0.717, 1.165) is 19.4 Å². The number of aryl methyl sites for hydroxylation is 1. The van der Waals surface area contributed by atoms with Crippen LogP contribution in [-0.2, 0) is 11.3 Å². The zero-order valence-electron chi connectivity index (χ0n) is 15.3. The lowest BCUT2D eigenvalue weighted by molar-refractivity contribution is 0.0526. The van der Waals surface area contributed by atoms with Crippen LogP contribution >= 0.6 is 11.3 Å². The third-order valence-electron chi connectivity index (χ3n) is 4.91. The Bertz CT molecular complexity index is 1020. The third-order valence-corrected chi connectivity index (χ3v) is 5.61. The summed E-state index contributed by atoms with van der Waals surface area (Å²) >= 11 is 1.69. The summed E-state index contributed by atoms with van der Waals surface area (Å²) in [6.45, 7) is 5.07. The Kier molecular flexibility index (Phi) is 4.84. The van der Waals surface area contributed by atoms with Crippen molar-refractivity contribution in [3.8, 4) is 0 Å². The first-order valence-corrected chi connectivity index (χ1v) is 9.98. The molecule has 4 rings (SSSR count). The highest BCUT2D eigenvalue weighted by molar-refractivity contribution is 7.07. The van der Waals surface area contributed by atoms with E-state index in [2.05, 4.69) is 31.7 Å². The van der Waals surface area contributed by atoms with Crippen molar-refractivity contribution in [1.29, 1.82) is 0 Å². The van der Waals surface area contributed by atoms with Crippen molar-refractivity contribution in [1.82, 2.24) is 14.9 Å². The van der Waals surface area contributed by atoms with Gasteiger partial charge >= 0.3 is 5.97 Å². The number of ether oxygens (including phenoxy) is 1. The molecule has 1 fully saturated rings. The van der Waals surface area contributed by atoms with Gasteiger partial charge in [0.2, 0.25) is 5.71 Å². The summed E-state index contributed by atoms with van der Waals surface area (Å²) in [5, 5.41) is 4.41. The fraction of sp³-hybridized carbons (Fsp3) is 0.421. The standard InChI is InChI=1S/C19H21N3O4S/c1-3-25-19(24)15-11(2)26-18-16(15)17(23)20-14(21-18)9-22-7-4-5-13(22)12-6-8-27-10-12/h6,8,10,13H,3-5,7,9H2,1-2H3,(H,20,21,23). The molecule has 142 valence electrons. The number of hydrogen-bond acceptors (Lipinski definition) is 7. The molecule has 1 N–H and O–H groups in total. The van der Waals surface area contributed by atoms with E-state index in [1.807, 2.05) is 0 Å². The highest BCUT2D eigenvalue weighted by Crippen LogP contribution is 2.34. The molecule has 0 bridgehead atoms. The van der Waals surface area contributed by atoms with Gasteiger partial charge in [-0.3, -0.25) is 9.69 Å². The number of likely N-dealkylation sites (tertiary alicyclic amines) is 1. The summed E-state index contributed by atoms with van der Waals surface area (Å²) in [7, 11) is 0. The molecule has 0 aliphatic carbocycles. The Hall–Kier alpha value is -2.45. The van der Waals surface area contributed by atoms with E-state index >= 15 is 0 Å². The molecule has 1 aliphatic heterocycles. The van der Waals surface area contributed by atoms with Gasteiger partial charge in [-0.1, -0.05) is 0 Å². The molecule has 0 aromatic carbocycles. The third kappa shape index (κ3) is 3.30. The van der Waals surface area contributed by atoms with E-state index in [1.54, 1.807) is 25.2 Å². The average Bonchev–Trinajstić information content (AvgIpc) is 3.34. The van der Waals surface area contributed by atoms with Gasteiger partial charge in [0.05, 0.1) is 13.2 Å². The minimum Gasteiger partial charge on any atom is -0.462 e. The highest BCUT2D eigenvalue weighted by atomic mass is 32.1. The first-order chi connectivity index (χ1) is 13.1. The van der Waals surface area contributed by atoms with Gasteiger partial charge in [0.15, 0.2) is 0 Å². The van der Waals surface area contributed by atoms with Crippen LogP contribution in [-0.4, -0.2) is 34.0 Å². The number of aromatic nitrogens is 2. The van der Waals surface area contributed by atoms with Crippen LogP contribution in [0.1, 0.15) is 53.3 Å². The lowest BCUT2D eigenvalue weighted by Gasteiger charge is -2.23. The zero-order valence-corrected chi connectivity index (χ0v) is 16.1. The topological polar surface area (TPSA) is 88.4 Å². The molecule has 0 saturated carbocycles. The monoisotopic (exact) mass is 387 g/mol. The molecule has 0 radical (unpaired) electrons. The second-order valence-electron chi connectivity index (χ2n) is 6.63. The van der Waals surface area contributed by atoms with Gasteiger partial charge in [-0.05, 0) is 55.6 Å². The van der Waals surface area contributed by atoms with Crippen LogP contribution < -0.4 is 5.56 Å². The molecule has 3 aromatic heterocycles. The summed E-state index contributed by atoms with van der Waals surface area (Å²) in [4.78, 5) is 34.4. The molecule has 1 atom stereocenters. The number of nitrogens with one attached hydrogen (secondary N) is 1. The van der Waals surface area contributed by atoms with E-state index in [0.29, 0.717) is 24.2 Å². The molecule has 1 saturated heterocycles. The number of hydrogen-bond donors (Lipinski definition) is 1. The van der Waals surface area contributed by atoms with E-state index in [9.17, 15) is 9.59 Å². The van der Waals surface area contributed by atoms with Crippen LogP contribution in [0.4, 0.5) is 0 Å². The summed E-state index contributed by atoms with van der Waals surface area (Å²) < 4.78 is 10.6. The van der Waals surface area contributed by atoms with Crippen molar-refractivity contribution < 1.29 is 13.9 Å². The smallest absolute Gasteiger partial charge is 0.342 e. The number of carbonyl (C=O) groups is 1. The Morgan fingerprint density at radius 3 is 3.11 bits per heavy atom. The number of rotatable bonds is 5. The predicted molar refractivity (Wildman–Crippen MR) is 102 cm³/mol. The van der Waals surface area contributed by atoms with Gasteiger partial charge in [0.25, 0.3) is 5.56 Å². The van der Waals surface area contributed by atoms with Crippen molar-refractivity contribution in [3.63, 3.8) is 0 Å². The summed E-state index contributed by atoms with van der Waals surface area (Å²) in [6.07, 6.45) is 2.20. The molecule has 1 aliphatic rings. The molecule has 4 heterocycles. The Labute approximate surface area is 160 Å². The van der Waals surface area contributed by atoms with Crippen LogP contribution in [0, 0.1) is 6.92 Å². The number of furan rings is 1. The molecule has 0 spiro atoms. The number of H-pyrrole nitrogens is 1. The van der Waals surface area contributed by atoms with Gasteiger partial charge in [-0.15, -0.1) is 0 Å². The molecule has 1 unspecified atom stereocenters. The number of aromatic amines is 1. The molecule has 3 aromatic rings. The minimum absolute atomic E-state index is 0.157.